The van der Waals surface area contributed by atoms with E-state index in [0.717, 1.165) is 5.56 Å². The third kappa shape index (κ3) is 5.01. The van der Waals surface area contributed by atoms with Gasteiger partial charge in [0.05, 0.1) is 21.5 Å². The van der Waals surface area contributed by atoms with Crippen LogP contribution in [-0.4, -0.2) is 41.7 Å². The van der Waals surface area contributed by atoms with Gasteiger partial charge in [-0.1, -0.05) is 58.7 Å². The number of amidine groups is 1. The summed E-state index contributed by atoms with van der Waals surface area (Å²) in [6, 6.07) is 12.7. The number of aliphatic imine (C=N–C) groups is 1. The molecule has 0 spiro atoms. The van der Waals surface area contributed by atoms with Gasteiger partial charge < -0.3 is 4.90 Å². The summed E-state index contributed by atoms with van der Waals surface area (Å²) < 4.78 is 0. The number of rotatable bonds is 4. The van der Waals surface area contributed by atoms with Crippen molar-refractivity contribution in [2.45, 2.75) is 6.92 Å². The minimum absolute atomic E-state index is 0.0593. The van der Waals surface area contributed by atoms with Crippen LogP contribution in [0.5, 0.6) is 0 Å². The second-order valence-electron chi connectivity index (χ2n) is 6.65. The lowest BCUT2D eigenvalue weighted by Crippen LogP contribution is -2.32. The molecule has 3 rings (SSSR count). The zero-order valence-electron chi connectivity index (χ0n) is 16.1. The summed E-state index contributed by atoms with van der Waals surface area (Å²) in [7, 11) is 3.38. The van der Waals surface area contributed by atoms with Crippen molar-refractivity contribution >= 4 is 63.7 Å². The number of anilines is 1. The number of benzene rings is 2. The molecule has 2 aromatic rings. The number of hydrogen-bond donors (Lipinski definition) is 0. The number of carbonyl (C=O) groups is 2. The number of nitrogens with zero attached hydrogens (tertiary/aromatic N) is 3. The maximum atomic E-state index is 13.1. The van der Waals surface area contributed by atoms with Crippen molar-refractivity contribution in [1.82, 2.24) is 4.90 Å². The van der Waals surface area contributed by atoms with Crippen molar-refractivity contribution in [3.05, 3.63) is 69.3 Å². The smallest absolute Gasteiger partial charge is 0.283 e. The van der Waals surface area contributed by atoms with Crippen LogP contribution < -0.4 is 4.90 Å². The predicted molar refractivity (Wildman–Crippen MR) is 122 cm³/mol. The van der Waals surface area contributed by atoms with Crippen LogP contribution in [0.2, 0.25) is 10.0 Å². The van der Waals surface area contributed by atoms with E-state index >= 15 is 0 Å². The molecule has 0 saturated heterocycles. The number of hydrogen-bond acceptors (Lipinski definition) is 4. The monoisotopic (exact) mass is 447 g/mol. The van der Waals surface area contributed by atoms with Crippen LogP contribution in [0.1, 0.15) is 11.1 Å². The van der Waals surface area contributed by atoms with E-state index in [4.69, 9.17) is 23.2 Å². The van der Waals surface area contributed by atoms with Crippen molar-refractivity contribution in [2.75, 3.05) is 24.7 Å². The summed E-state index contributed by atoms with van der Waals surface area (Å²) in [4.78, 5) is 32.7. The maximum absolute atomic E-state index is 13.1. The van der Waals surface area contributed by atoms with Crippen LogP contribution in [0, 0.1) is 6.92 Å². The lowest BCUT2D eigenvalue weighted by atomic mass is 10.2. The molecule has 8 heteroatoms. The fourth-order valence-electron chi connectivity index (χ4n) is 2.53. The maximum Gasteiger partial charge on any atom is 0.283 e. The molecule has 0 bridgehead atoms. The number of halogens is 2. The lowest BCUT2D eigenvalue weighted by molar-refractivity contribution is -0.125. The van der Waals surface area contributed by atoms with E-state index < -0.39 is 0 Å². The number of carbonyl (C=O) groups excluding carboxylic acids is 2. The highest BCUT2D eigenvalue weighted by atomic mass is 35.5. The van der Waals surface area contributed by atoms with E-state index in [1.807, 2.05) is 31.2 Å². The van der Waals surface area contributed by atoms with Gasteiger partial charge in [0.2, 0.25) is 5.91 Å². The Morgan fingerprint density at radius 3 is 2.45 bits per heavy atom. The molecule has 0 saturated carbocycles. The summed E-state index contributed by atoms with van der Waals surface area (Å²) in [5.41, 5.74) is 2.76. The molecule has 150 valence electrons. The fraction of sp³-hybridized carbons (Fsp3) is 0.190. The average Bonchev–Trinajstić information content (AvgIpc) is 2.98. The zero-order valence-corrected chi connectivity index (χ0v) is 18.5. The normalized spacial score (nSPS) is 15.1. The van der Waals surface area contributed by atoms with Gasteiger partial charge in [0, 0.05) is 14.1 Å². The fourth-order valence-corrected chi connectivity index (χ4v) is 3.83. The molecule has 0 aliphatic carbocycles. The molecule has 2 aromatic carbocycles. The van der Waals surface area contributed by atoms with Crippen LogP contribution in [0.15, 0.2) is 53.2 Å². The van der Waals surface area contributed by atoms with Crippen molar-refractivity contribution in [3.8, 4) is 0 Å². The van der Waals surface area contributed by atoms with E-state index in [0.29, 0.717) is 26.5 Å². The van der Waals surface area contributed by atoms with Crippen molar-refractivity contribution in [2.24, 2.45) is 4.99 Å². The summed E-state index contributed by atoms with van der Waals surface area (Å²) in [6.45, 7) is 1.98. The Balaban J connectivity index is 1.96. The minimum atomic E-state index is -0.264. The second-order valence-corrected chi connectivity index (χ2v) is 8.41. The molecule has 1 aliphatic rings. The van der Waals surface area contributed by atoms with Gasteiger partial charge in [0.15, 0.2) is 5.17 Å². The quantitative estimate of drug-likeness (QED) is 0.628. The van der Waals surface area contributed by atoms with E-state index in [1.54, 1.807) is 38.4 Å². The third-order valence-electron chi connectivity index (χ3n) is 4.19. The molecule has 5 nitrogen and oxygen atoms in total. The predicted octanol–water partition coefficient (Wildman–Crippen LogP) is 4.87. The van der Waals surface area contributed by atoms with Gasteiger partial charge >= 0.3 is 0 Å². The van der Waals surface area contributed by atoms with Crippen molar-refractivity contribution < 1.29 is 9.59 Å². The van der Waals surface area contributed by atoms with Gasteiger partial charge in [-0.2, -0.15) is 0 Å². The SMILES string of the molecule is Cc1ccc(N2C(=O)/C(=C\c3ccc(Cl)c(Cl)c3)N=C2SCC(=O)N(C)C)cc1. The minimum Gasteiger partial charge on any atom is -0.348 e. The van der Waals surface area contributed by atoms with E-state index in [2.05, 4.69) is 4.99 Å². The van der Waals surface area contributed by atoms with Crippen LogP contribution in [0.3, 0.4) is 0 Å². The van der Waals surface area contributed by atoms with E-state index in [1.165, 1.54) is 21.6 Å². The first kappa shape index (κ1) is 21.4. The topological polar surface area (TPSA) is 53.0 Å². The summed E-state index contributed by atoms with van der Waals surface area (Å²) in [6.07, 6.45) is 1.66. The molecule has 0 atom stereocenters. The molecular weight excluding hydrogens is 429 g/mol. The Kier molecular flexibility index (Phi) is 6.67. The van der Waals surface area contributed by atoms with E-state index in [-0.39, 0.29) is 23.3 Å². The summed E-state index contributed by atoms with van der Waals surface area (Å²) in [5.74, 6) is -0.141. The molecule has 0 unspecified atom stereocenters. The Labute approximate surface area is 184 Å². The first-order valence-electron chi connectivity index (χ1n) is 8.76. The van der Waals surface area contributed by atoms with Crippen molar-refractivity contribution in [1.29, 1.82) is 0 Å². The van der Waals surface area contributed by atoms with Crippen LogP contribution in [-0.2, 0) is 9.59 Å². The van der Waals surface area contributed by atoms with Crippen LogP contribution >= 0.6 is 35.0 Å². The van der Waals surface area contributed by atoms with Crippen LogP contribution in [0.25, 0.3) is 6.08 Å². The summed E-state index contributed by atoms with van der Waals surface area (Å²) in [5, 5.41) is 1.30. The van der Waals surface area contributed by atoms with Crippen molar-refractivity contribution in [3.63, 3.8) is 0 Å². The first-order valence-corrected chi connectivity index (χ1v) is 10.5. The molecule has 0 fully saturated rings. The van der Waals surface area contributed by atoms with Gasteiger partial charge in [0.1, 0.15) is 5.70 Å². The Morgan fingerprint density at radius 1 is 1.14 bits per heavy atom. The largest absolute Gasteiger partial charge is 0.348 e. The van der Waals surface area contributed by atoms with Gasteiger partial charge in [0.25, 0.3) is 5.91 Å². The number of aryl methyl sites for hydroxylation is 1. The summed E-state index contributed by atoms with van der Waals surface area (Å²) >= 11 is 13.3. The molecule has 1 heterocycles. The number of thioether (sulfide) groups is 1. The second kappa shape index (κ2) is 9.03. The van der Waals surface area contributed by atoms with Gasteiger partial charge in [-0.3, -0.25) is 14.5 Å². The molecule has 1 aliphatic heterocycles. The van der Waals surface area contributed by atoms with Gasteiger partial charge in [-0.15, -0.1) is 0 Å². The molecular formula is C21H19Cl2N3O2S. The highest BCUT2D eigenvalue weighted by Gasteiger charge is 2.32. The molecule has 2 amide bonds. The first-order chi connectivity index (χ1) is 13.8. The zero-order chi connectivity index (χ0) is 21.1. The highest BCUT2D eigenvalue weighted by molar-refractivity contribution is 8.14. The molecule has 29 heavy (non-hydrogen) atoms. The average molecular weight is 448 g/mol. The van der Waals surface area contributed by atoms with Gasteiger partial charge in [-0.25, -0.2) is 4.99 Å². The number of amides is 2. The standard InChI is InChI=1S/C21H19Cl2N3O2S/c1-13-4-7-15(8-5-13)26-20(28)18(11-14-6-9-16(22)17(23)10-14)24-21(26)29-12-19(27)25(2)3/h4-11H,12H2,1-3H3/b18-11+. The van der Waals surface area contributed by atoms with E-state index in [9.17, 15) is 9.59 Å². The third-order valence-corrected chi connectivity index (χ3v) is 5.85. The molecule has 0 N–H and O–H groups in total. The van der Waals surface area contributed by atoms with Gasteiger partial charge in [-0.05, 0) is 42.8 Å². The Morgan fingerprint density at radius 2 is 1.83 bits per heavy atom. The highest BCUT2D eigenvalue weighted by Crippen LogP contribution is 2.31. The molecule has 0 aromatic heterocycles. The molecule has 0 radical (unpaired) electrons. The Bertz CT molecular complexity index is 1020. The lowest BCUT2D eigenvalue weighted by Gasteiger charge is -2.18. The van der Waals surface area contributed by atoms with Crippen LogP contribution in [0.4, 0.5) is 5.69 Å². The Hall–Kier alpha value is -2.28.